The van der Waals surface area contributed by atoms with E-state index in [2.05, 4.69) is 15.8 Å². The molecule has 5 aromatic rings. The average Bonchev–Trinajstić information content (AvgIpc) is 3.07. The molecule has 0 aromatic heterocycles. The molecule has 0 saturated heterocycles. The minimum Gasteiger partial charge on any atom is -0.322 e. The van der Waals surface area contributed by atoms with Crippen LogP contribution in [0.15, 0.2) is 137 Å². The van der Waals surface area contributed by atoms with Gasteiger partial charge in [0.15, 0.2) is 0 Å². The van der Waals surface area contributed by atoms with E-state index < -0.39 is 15.9 Å². The zero-order valence-corrected chi connectivity index (χ0v) is 26.7. The third-order valence-corrected chi connectivity index (χ3v) is 9.19. The summed E-state index contributed by atoms with van der Waals surface area (Å²) in [5, 5.41) is 7.68. The molecule has 8 nitrogen and oxygen atoms in total. The second kappa shape index (κ2) is 14.2. The van der Waals surface area contributed by atoms with Crippen molar-refractivity contribution in [3.05, 3.63) is 160 Å². The van der Waals surface area contributed by atoms with Crippen LogP contribution in [0.3, 0.4) is 0 Å². The molecule has 2 N–H and O–H groups in total. The Kier molecular flexibility index (Phi) is 9.95. The summed E-state index contributed by atoms with van der Waals surface area (Å²) < 4.78 is 29.3. The second-order valence-corrected chi connectivity index (χ2v) is 12.8. The number of rotatable bonds is 10. The Morgan fingerprint density at radius 2 is 1.41 bits per heavy atom. The van der Waals surface area contributed by atoms with Crippen LogP contribution in [-0.4, -0.2) is 25.9 Å². The summed E-state index contributed by atoms with van der Waals surface area (Å²) in [5.74, 6) is -0.843. The quantitative estimate of drug-likeness (QED) is 0.121. The van der Waals surface area contributed by atoms with E-state index in [0.717, 1.165) is 5.56 Å². The first-order valence-electron chi connectivity index (χ1n) is 14.4. The molecule has 2 amide bonds. The van der Waals surface area contributed by atoms with Crippen LogP contribution in [0.25, 0.3) is 0 Å². The van der Waals surface area contributed by atoms with Crippen LogP contribution < -0.4 is 15.0 Å². The zero-order valence-electron chi connectivity index (χ0n) is 25.1. The van der Waals surface area contributed by atoms with E-state index in [1.165, 1.54) is 4.31 Å². The van der Waals surface area contributed by atoms with Crippen molar-refractivity contribution in [1.82, 2.24) is 5.43 Å². The molecule has 5 rings (SSSR count). The monoisotopic (exact) mass is 650 g/mol. The van der Waals surface area contributed by atoms with E-state index in [4.69, 9.17) is 11.6 Å². The van der Waals surface area contributed by atoms with Gasteiger partial charge in [0, 0.05) is 16.3 Å². The molecular weight excluding hydrogens is 620 g/mol. The smallest absolute Gasteiger partial charge is 0.273 e. The minimum atomic E-state index is -4.09. The van der Waals surface area contributed by atoms with Crippen molar-refractivity contribution in [2.75, 3.05) is 9.62 Å². The van der Waals surface area contributed by atoms with Crippen molar-refractivity contribution in [2.24, 2.45) is 5.10 Å². The lowest BCUT2D eigenvalue weighted by Crippen LogP contribution is -2.33. The highest BCUT2D eigenvalue weighted by atomic mass is 35.5. The predicted octanol–water partition coefficient (Wildman–Crippen LogP) is 7.45. The zero-order chi connectivity index (χ0) is 32.7. The molecule has 0 aliphatic carbocycles. The number of nitrogens with zero attached hydrogens (tertiary/aromatic N) is 2. The summed E-state index contributed by atoms with van der Waals surface area (Å²) >= 11 is 6.08. The maximum Gasteiger partial charge on any atom is 0.273 e. The number of hydrazone groups is 1. The number of hydrogen-bond donors (Lipinski definition) is 2. The third-order valence-electron chi connectivity index (χ3n) is 7.17. The van der Waals surface area contributed by atoms with Gasteiger partial charge in [0.25, 0.3) is 21.8 Å². The molecule has 0 spiro atoms. The first-order chi connectivity index (χ1) is 22.1. The summed E-state index contributed by atoms with van der Waals surface area (Å²) in [6.07, 6.45) is 0. The molecule has 0 atom stereocenters. The number of para-hydroxylation sites is 1. The fourth-order valence-electron chi connectivity index (χ4n) is 4.65. The number of aryl methyl sites for hydroxylation is 1. The first kappa shape index (κ1) is 32.2. The van der Waals surface area contributed by atoms with Gasteiger partial charge in [0.2, 0.25) is 0 Å². The molecule has 46 heavy (non-hydrogen) atoms. The molecule has 5 aromatic carbocycles. The summed E-state index contributed by atoms with van der Waals surface area (Å²) in [7, 11) is -4.09. The highest BCUT2D eigenvalue weighted by Crippen LogP contribution is 2.30. The minimum absolute atomic E-state index is 0.0402. The Labute approximate surface area is 273 Å². The lowest BCUT2D eigenvalue weighted by Gasteiger charge is -2.26. The Morgan fingerprint density at radius 1 is 0.761 bits per heavy atom. The van der Waals surface area contributed by atoms with Crippen molar-refractivity contribution < 1.29 is 18.0 Å². The molecule has 0 heterocycles. The molecule has 0 bridgehead atoms. The van der Waals surface area contributed by atoms with E-state index in [0.29, 0.717) is 33.1 Å². The number of carbonyl (C=O) groups excluding carboxylic acids is 2. The van der Waals surface area contributed by atoms with Gasteiger partial charge in [-0.3, -0.25) is 13.9 Å². The number of benzene rings is 5. The van der Waals surface area contributed by atoms with Gasteiger partial charge in [-0.2, -0.15) is 5.10 Å². The summed E-state index contributed by atoms with van der Waals surface area (Å²) in [4.78, 5) is 26.3. The summed E-state index contributed by atoms with van der Waals surface area (Å²) in [5.41, 5.74) is 6.72. The van der Waals surface area contributed by atoms with Crippen molar-refractivity contribution >= 4 is 50.5 Å². The van der Waals surface area contributed by atoms with Crippen LogP contribution in [0, 0.1) is 6.92 Å². The molecule has 232 valence electrons. The maximum absolute atomic E-state index is 14.1. The number of amides is 2. The molecule has 0 aliphatic rings. The van der Waals surface area contributed by atoms with E-state index in [-0.39, 0.29) is 28.6 Å². The fraction of sp³-hybridized carbons (Fsp3) is 0.0833. The molecular formula is C36H31ClN4O4S. The molecule has 10 heteroatoms. The van der Waals surface area contributed by atoms with Crippen LogP contribution >= 0.6 is 11.6 Å². The maximum atomic E-state index is 14.1. The number of halogens is 1. The van der Waals surface area contributed by atoms with Gasteiger partial charge in [-0.15, -0.1) is 0 Å². The Balaban J connectivity index is 1.42. The van der Waals surface area contributed by atoms with Crippen LogP contribution in [0.5, 0.6) is 0 Å². The molecule has 0 unspecified atom stereocenters. The number of nitrogens with one attached hydrogen (secondary N) is 2. The van der Waals surface area contributed by atoms with Gasteiger partial charge >= 0.3 is 0 Å². The van der Waals surface area contributed by atoms with Crippen LogP contribution in [-0.2, 0) is 16.6 Å². The van der Waals surface area contributed by atoms with Crippen LogP contribution in [0.1, 0.15) is 44.3 Å². The number of sulfonamides is 1. The number of carbonyl (C=O) groups is 2. The van der Waals surface area contributed by atoms with Gasteiger partial charge in [0.1, 0.15) is 0 Å². The lowest BCUT2D eigenvalue weighted by atomic mass is 10.1. The Bertz CT molecular complexity index is 2000. The summed E-state index contributed by atoms with van der Waals surface area (Å²) in [6, 6.07) is 35.8. The van der Waals surface area contributed by atoms with Gasteiger partial charge in [-0.1, -0.05) is 83.9 Å². The van der Waals surface area contributed by atoms with Gasteiger partial charge in [-0.05, 0) is 85.6 Å². The van der Waals surface area contributed by atoms with Gasteiger partial charge < -0.3 is 5.32 Å². The molecule has 0 saturated carbocycles. The molecule has 0 aliphatic heterocycles. The highest BCUT2D eigenvalue weighted by molar-refractivity contribution is 7.92. The SMILES string of the molecule is C/C(=N/NC(=O)c1ccccc1N(Cc1ccc(Cl)cc1)S(=O)(=O)c1ccc(C)cc1)c1cccc(NC(=O)c2ccccc2)c1. The first-order valence-corrected chi connectivity index (χ1v) is 16.2. The number of hydrogen-bond acceptors (Lipinski definition) is 5. The van der Waals surface area contributed by atoms with Crippen molar-refractivity contribution in [3.63, 3.8) is 0 Å². The largest absolute Gasteiger partial charge is 0.322 e. The van der Waals surface area contributed by atoms with Crippen molar-refractivity contribution in [1.29, 1.82) is 0 Å². The topological polar surface area (TPSA) is 108 Å². The highest BCUT2D eigenvalue weighted by Gasteiger charge is 2.28. The summed E-state index contributed by atoms with van der Waals surface area (Å²) in [6.45, 7) is 3.56. The standard InChI is InChI=1S/C36H31ClN4O4S/c1-25-15-21-32(22-16-25)46(44,45)41(24-27-17-19-30(37)20-18-27)34-14-7-6-13-33(34)36(43)40-39-26(2)29-11-8-12-31(23-29)38-35(42)28-9-4-3-5-10-28/h3-23H,24H2,1-2H3,(H,38,42)(H,40,43)/b39-26-. The van der Waals surface area contributed by atoms with Crippen LogP contribution in [0.4, 0.5) is 11.4 Å². The van der Waals surface area contributed by atoms with Gasteiger partial charge in [0.05, 0.1) is 28.4 Å². The van der Waals surface area contributed by atoms with Gasteiger partial charge in [-0.25, -0.2) is 13.8 Å². The lowest BCUT2D eigenvalue weighted by molar-refractivity contribution is 0.0954. The Hall–Kier alpha value is -5.25. The molecule has 0 fully saturated rings. The second-order valence-electron chi connectivity index (χ2n) is 10.5. The Morgan fingerprint density at radius 3 is 2.13 bits per heavy atom. The molecule has 0 radical (unpaired) electrons. The normalized spacial score (nSPS) is 11.5. The fourth-order valence-corrected chi connectivity index (χ4v) is 6.25. The van der Waals surface area contributed by atoms with Crippen molar-refractivity contribution in [3.8, 4) is 0 Å². The average molecular weight is 651 g/mol. The number of anilines is 2. The van der Waals surface area contributed by atoms with E-state index in [1.807, 2.05) is 13.0 Å². The van der Waals surface area contributed by atoms with Crippen molar-refractivity contribution in [2.45, 2.75) is 25.3 Å². The van der Waals surface area contributed by atoms with E-state index in [1.54, 1.807) is 128 Å². The van der Waals surface area contributed by atoms with E-state index in [9.17, 15) is 18.0 Å². The third kappa shape index (κ3) is 7.69. The van der Waals surface area contributed by atoms with Crippen LogP contribution in [0.2, 0.25) is 5.02 Å². The van der Waals surface area contributed by atoms with E-state index >= 15 is 0 Å². The predicted molar refractivity (Wildman–Crippen MR) is 183 cm³/mol.